The second kappa shape index (κ2) is 16.0. The Hall–Kier alpha value is -2.26. The molecule has 1 heterocycles. The van der Waals surface area contributed by atoms with Crippen LogP contribution in [0.3, 0.4) is 0 Å². The molecule has 3 saturated carbocycles. The van der Waals surface area contributed by atoms with Crippen LogP contribution in [0.4, 0.5) is 0 Å². The van der Waals surface area contributed by atoms with Gasteiger partial charge in [0.1, 0.15) is 9.84 Å². The zero-order valence-electron chi connectivity index (χ0n) is 36.6. The number of ketones is 1. The zero-order valence-corrected chi connectivity index (χ0v) is 37.5. The van der Waals surface area contributed by atoms with Crippen LogP contribution in [-0.2, 0) is 29.0 Å². The van der Waals surface area contributed by atoms with Crippen molar-refractivity contribution >= 4 is 27.5 Å². The van der Waals surface area contributed by atoms with Crippen molar-refractivity contribution in [3.63, 3.8) is 0 Å². The summed E-state index contributed by atoms with van der Waals surface area (Å²) in [4.78, 5) is 43.6. The van der Waals surface area contributed by atoms with Gasteiger partial charge in [-0.25, -0.2) is 8.42 Å². The number of nitrogens with zero attached hydrogens (tertiary/aromatic N) is 1. The van der Waals surface area contributed by atoms with Gasteiger partial charge < -0.3 is 15.0 Å². The highest BCUT2D eigenvalue weighted by atomic mass is 32.2. The fraction of sp³-hybridized carbons (Fsp3) is 0.812. The molecule has 9 atom stereocenters. The van der Waals surface area contributed by atoms with Crippen molar-refractivity contribution in [2.75, 3.05) is 39.0 Å². The number of hydrogen-bond donors (Lipinski definition) is 1. The minimum atomic E-state index is -3.03. The van der Waals surface area contributed by atoms with Crippen molar-refractivity contribution in [3.8, 4) is 0 Å². The Bertz CT molecular complexity index is 1800. The quantitative estimate of drug-likeness (QED) is 0.208. The number of allylic oxidation sites excluding steroid dienone is 5. The third-order valence-electron chi connectivity index (χ3n) is 17.7. The molecule has 0 aromatic carbocycles. The summed E-state index contributed by atoms with van der Waals surface area (Å²) in [7, 11) is -3.03. The summed E-state index contributed by atoms with van der Waals surface area (Å²) in [5, 5.41) is 3.08. The van der Waals surface area contributed by atoms with Crippen molar-refractivity contribution in [3.05, 3.63) is 34.4 Å². The molecule has 0 aromatic heterocycles. The van der Waals surface area contributed by atoms with E-state index in [-0.39, 0.29) is 56.9 Å². The molecular weight excluding hydrogens is 733 g/mol. The van der Waals surface area contributed by atoms with E-state index in [0.29, 0.717) is 56.7 Å². The molecule has 9 heteroatoms. The number of carbonyl (C=O) groups excluding carboxylic acids is 3. The Labute approximate surface area is 344 Å². The number of piperidine rings is 1. The molecule has 0 spiro atoms. The molecule has 0 radical (unpaired) electrons. The van der Waals surface area contributed by atoms with E-state index in [4.69, 9.17) is 4.74 Å². The van der Waals surface area contributed by atoms with Crippen LogP contribution in [0, 0.1) is 57.2 Å². The first-order chi connectivity index (χ1) is 26.9. The van der Waals surface area contributed by atoms with Crippen molar-refractivity contribution in [2.24, 2.45) is 57.2 Å². The van der Waals surface area contributed by atoms with E-state index in [1.54, 1.807) is 5.57 Å². The monoisotopic (exact) mass is 807 g/mol. The predicted molar refractivity (Wildman–Crippen MR) is 227 cm³/mol. The Morgan fingerprint density at radius 1 is 0.965 bits per heavy atom. The van der Waals surface area contributed by atoms with Gasteiger partial charge in [0, 0.05) is 25.8 Å². The summed E-state index contributed by atoms with van der Waals surface area (Å²) in [6.45, 7) is 19.5. The maximum absolute atomic E-state index is 14.6. The predicted octanol–water partition coefficient (Wildman–Crippen LogP) is 8.81. The van der Waals surface area contributed by atoms with Crippen LogP contribution < -0.4 is 5.32 Å². The second-order valence-electron chi connectivity index (χ2n) is 20.7. The number of esters is 1. The van der Waals surface area contributed by atoms with Crippen molar-refractivity contribution in [2.45, 2.75) is 150 Å². The summed E-state index contributed by atoms with van der Waals surface area (Å²) in [6, 6.07) is 0. The van der Waals surface area contributed by atoms with Crippen LogP contribution >= 0.6 is 0 Å². The number of hydrogen-bond acceptors (Lipinski definition) is 7. The molecule has 7 aliphatic rings. The SMILES string of the molecule is CCC[C@H]1C(C2=CCC(C(=O)OCC)CC2)=CC[C@]2(C)[C@H]3CC[C@@H]4C5=C(C(C)C)C(=O)C[C@]5(C(=O)NCCN5CCC(S(C)(=O)=O)CC5)CC[C@@]4(C)[C@]3(C)CC[C@@H]12. The number of Topliss-reactive ketones (excluding diaryl/α,β-unsaturated/α-hetero) is 1. The van der Waals surface area contributed by atoms with Crippen LogP contribution in [0.15, 0.2) is 34.4 Å². The van der Waals surface area contributed by atoms with E-state index < -0.39 is 15.3 Å². The fourth-order valence-electron chi connectivity index (χ4n) is 14.6. The van der Waals surface area contributed by atoms with Gasteiger partial charge in [0.2, 0.25) is 5.91 Å². The topological polar surface area (TPSA) is 110 Å². The molecule has 1 saturated heterocycles. The van der Waals surface area contributed by atoms with Crippen LogP contribution in [0.25, 0.3) is 0 Å². The maximum atomic E-state index is 14.6. The van der Waals surface area contributed by atoms with Crippen LogP contribution in [-0.4, -0.2) is 75.3 Å². The van der Waals surface area contributed by atoms with Crippen molar-refractivity contribution in [1.82, 2.24) is 10.2 Å². The highest BCUT2D eigenvalue weighted by molar-refractivity contribution is 7.91. The number of amides is 1. The smallest absolute Gasteiger partial charge is 0.309 e. The summed E-state index contributed by atoms with van der Waals surface area (Å²) >= 11 is 0. The minimum absolute atomic E-state index is 0.00399. The third kappa shape index (κ3) is 7.16. The normalized spacial score (nSPS) is 38.8. The van der Waals surface area contributed by atoms with Gasteiger partial charge in [0.05, 0.1) is 23.2 Å². The lowest BCUT2D eigenvalue weighted by molar-refractivity contribution is -0.192. The van der Waals surface area contributed by atoms with Crippen LogP contribution in [0.2, 0.25) is 0 Å². The van der Waals surface area contributed by atoms with E-state index in [1.165, 1.54) is 43.1 Å². The standard InChI is InChI=1S/C48H74N2O6S/c1-9-11-36-35(32-12-14-33(15-13-32)43(52)56-10-2)18-22-45(5)37(36)19-23-47(7)40(45)17-16-38-42-41(31(3)4)39(51)30-48(42,25-24-46(38,47)6)44(53)49-26-29-50-27-20-34(21-28-50)57(8,54)55/h12,18,31,33-34,36-38,40H,9-11,13-17,19-30H2,1-8H3,(H,49,53)/t33?,36-,37-,38+,40+,45-,46+,47+,48+/m0/s1. The zero-order chi connectivity index (χ0) is 41.1. The Kier molecular flexibility index (Phi) is 12.0. The first kappa shape index (κ1) is 42.8. The van der Waals surface area contributed by atoms with Crippen LogP contribution in [0.5, 0.6) is 0 Å². The van der Waals surface area contributed by atoms with Gasteiger partial charge in [0.15, 0.2) is 5.78 Å². The molecule has 1 aliphatic heterocycles. The van der Waals surface area contributed by atoms with Gasteiger partial charge in [-0.05, 0) is 172 Å². The van der Waals surface area contributed by atoms with Crippen LogP contribution in [0.1, 0.15) is 145 Å². The molecule has 1 amide bonds. The van der Waals surface area contributed by atoms with Gasteiger partial charge in [-0.2, -0.15) is 0 Å². The Morgan fingerprint density at radius 2 is 1.70 bits per heavy atom. The van der Waals surface area contributed by atoms with Gasteiger partial charge in [0.25, 0.3) is 0 Å². The van der Waals surface area contributed by atoms with E-state index in [2.05, 4.69) is 63.9 Å². The third-order valence-corrected chi connectivity index (χ3v) is 19.4. The van der Waals surface area contributed by atoms with Gasteiger partial charge in [-0.15, -0.1) is 0 Å². The largest absolute Gasteiger partial charge is 0.466 e. The van der Waals surface area contributed by atoms with E-state index >= 15 is 0 Å². The van der Waals surface area contributed by atoms with Gasteiger partial charge in [-0.1, -0.05) is 60.1 Å². The lowest BCUT2D eigenvalue weighted by Gasteiger charge is -2.70. The Balaban J connectivity index is 1.12. The van der Waals surface area contributed by atoms with E-state index in [1.807, 2.05) is 6.92 Å². The molecular formula is C48H74N2O6S. The fourth-order valence-corrected chi connectivity index (χ4v) is 15.7. The maximum Gasteiger partial charge on any atom is 0.309 e. The molecule has 1 unspecified atom stereocenters. The Morgan fingerprint density at radius 3 is 2.33 bits per heavy atom. The number of fused-ring (bicyclic) bond motifs is 7. The van der Waals surface area contributed by atoms with E-state index in [9.17, 15) is 22.8 Å². The summed E-state index contributed by atoms with van der Waals surface area (Å²) in [5.74, 6) is 2.21. The number of likely N-dealkylation sites (tertiary alicyclic amines) is 1. The molecule has 8 nitrogen and oxygen atoms in total. The lowest BCUT2D eigenvalue weighted by atomic mass is 9.34. The molecule has 0 aromatic rings. The van der Waals surface area contributed by atoms with E-state index in [0.717, 1.165) is 70.0 Å². The first-order valence-corrected chi connectivity index (χ1v) is 24.9. The second-order valence-corrected chi connectivity index (χ2v) is 23.0. The molecule has 318 valence electrons. The lowest BCUT2D eigenvalue weighted by Crippen LogP contribution is -2.64. The number of ether oxygens (including phenoxy) is 1. The average molecular weight is 807 g/mol. The number of carbonyl (C=O) groups is 3. The van der Waals surface area contributed by atoms with Gasteiger partial charge >= 0.3 is 5.97 Å². The highest BCUT2D eigenvalue weighted by Gasteiger charge is 2.69. The number of nitrogens with one attached hydrogen (secondary N) is 1. The average Bonchev–Trinajstić information content (AvgIpc) is 3.48. The minimum Gasteiger partial charge on any atom is -0.466 e. The molecule has 1 N–H and O–H groups in total. The summed E-state index contributed by atoms with van der Waals surface area (Å²) in [6.07, 6.45) is 20.3. The number of sulfone groups is 1. The highest BCUT2D eigenvalue weighted by Crippen LogP contribution is 2.76. The van der Waals surface area contributed by atoms with Gasteiger partial charge in [-0.3, -0.25) is 14.4 Å². The van der Waals surface area contributed by atoms with Crippen molar-refractivity contribution in [1.29, 1.82) is 0 Å². The number of rotatable bonds is 11. The molecule has 57 heavy (non-hydrogen) atoms. The molecule has 6 aliphatic carbocycles. The summed E-state index contributed by atoms with van der Waals surface area (Å²) in [5.41, 5.74) is 4.74. The molecule has 7 rings (SSSR count). The van der Waals surface area contributed by atoms with Crippen molar-refractivity contribution < 1.29 is 27.5 Å². The molecule has 4 fully saturated rings. The first-order valence-electron chi connectivity index (χ1n) is 23.0. The summed E-state index contributed by atoms with van der Waals surface area (Å²) < 4.78 is 29.6. The molecule has 0 bridgehead atoms.